The van der Waals surface area contributed by atoms with E-state index in [-0.39, 0.29) is 11.6 Å². The number of nitrogens with zero attached hydrogens (tertiary/aromatic N) is 1. The number of hydrogen-bond acceptors (Lipinski definition) is 5. The van der Waals surface area contributed by atoms with E-state index in [2.05, 4.69) is 62.6 Å². The van der Waals surface area contributed by atoms with Gasteiger partial charge in [-0.3, -0.25) is 0 Å². The molecule has 3 aromatic carbocycles. The fourth-order valence-corrected chi connectivity index (χ4v) is 4.36. The van der Waals surface area contributed by atoms with Gasteiger partial charge in [-0.15, -0.1) is 0 Å². The number of rotatable bonds is 6. The zero-order chi connectivity index (χ0) is 22.7. The Morgan fingerprint density at radius 3 is 2.59 bits per heavy atom. The van der Waals surface area contributed by atoms with Crippen molar-refractivity contribution in [2.45, 2.75) is 13.5 Å². The minimum atomic E-state index is -0.496. The SMILES string of the molecule is COc1cc(/C=C2\N=C(c3ccccc3Br)OC2=O)cc(I)c1OCc1ccc(C)cc1. The third-order valence-electron chi connectivity index (χ3n) is 4.78. The van der Waals surface area contributed by atoms with E-state index in [1.165, 1.54) is 5.56 Å². The molecule has 0 unspecified atom stereocenters. The molecule has 0 saturated heterocycles. The van der Waals surface area contributed by atoms with Gasteiger partial charge in [0.1, 0.15) is 6.61 Å². The summed E-state index contributed by atoms with van der Waals surface area (Å²) in [4.78, 5) is 16.8. The highest BCUT2D eigenvalue weighted by atomic mass is 127. The van der Waals surface area contributed by atoms with Crippen molar-refractivity contribution >= 4 is 56.5 Å². The van der Waals surface area contributed by atoms with E-state index in [1.807, 2.05) is 48.5 Å². The van der Waals surface area contributed by atoms with Gasteiger partial charge in [0.2, 0.25) is 5.90 Å². The van der Waals surface area contributed by atoms with Gasteiger partial charge in [-0.1, -0.05) is 42.0 Å². The third-order valence-corrected chi connectivity index (χ3v) is 6.28. The van der Waals surface area contributed by atoms with Crippen LogP contribution in [0.3, 0.4) is 0 Å². The van der Waals surface area contributed by atoms with Gasteiger partial charge in [-0.2, -0.15) is 0 Å². The molecule has 7 heteroatoms. The molecule has 0 radical (unpaired) electrons. The van der Waals surface area contributed by atoms with Crippen LogP contribution in [0.25, 0.3) is 6.08 Å². The van der Waals surface area contributed by atoms with Crippen molar-refractivity contribution in [3.63, 3.8) is 0 Å². The predicted octanol–water partition coefficient (Wildman–Crippen LogP) is 6.29. The van der Waals surface area contributed by atoms with Gasteiger partial charge < -0.3 is 14.2 Å². The Bertz CT molecular complexity index is 1240. The summed E-state index contributed by atoms with van der Waals surface area (Å²) in [5.74, 6) is 1.01. The quantitative estimate of drug-likeness (QED) is 0.189. The molecule has 0 amide bonds. The Hall–Kier alpha value is -2.65. The normalized spacial score (nSPS) is 14.3. The molecule has 1 aliphatic rings. The van der Waals surface area contributed by atoms with Crippen LogP contribution >= 0.6 is 38.5 Å². The lowest BCUT2D eigenvalue weighted by Crippen LogP contribution is -2.05. The second-order valence-corrected chi connectivity index (χ2v) is 9.14. The number of esters is 1. The number of benzene rings is 3. The molecular weight excluding hydrogens is 585 g/mol. The monoisotopic (exact) mass is 603 g/mol. The fraction of sp³-hybridized carbons (Fsp3) is 0.120. The van der Waals surface area contributed by atoms with Crippen molar-refractivity contribution in [2.75, 3.05) is 7.11 Å². The molecule has 0 bridgehead atoms. The maximum Gasteiger partial charge on any atom is 0.363 e. The van der Waals surface area contributed by atoms with Crippen molar-refractivity contribution in [1.29, 1.82) is 0 Å². The van der Waals surface area contributed by atoms with Gasteiger partial charge in [0.05, 0.1) is 16.2 Å². The highest BCUT2D eigenvalue weighted by Gasteiger charge is 2.25. The van der Waals surface area contributed by atoms with E-state index in [4.69, 9.17) is 14.2 Å². The Labute approximate surface area is 208 Å². The summed E-state index contributed by atoms with van der Waals surface area (Å²) >= 11 is 5.66. The molecule has 3 aromatic rings. The number of carbonyl (C=O) groups excluding carboxylic acids is 1. The average Bonchev–Trinajstić information content (AvgIpc) is 3.14. The fourth-order valence-electron chi connectivity index (χ4n) is 3.12. The lowest BCUT2D eigenvalue weighted by molar-refractivity contribution is -0.129. The van der Waals surface area contributed by atoms with Crippen LogP contribution in [-0.4, -0.2) is 19.0 Å². The summed E-state index contributed by atoms with van der Waals surface area (Å²) < 4.78 is 18.6. The number of aryl methyl sites for hydroxylation is 1. The minimum Gasteiger partial charge on any atom is -0.493 e. The summed E-state index contributed by atoms with van der Waals surface area (Å²) in [5, 5.41) is 0. The summed E-state index contributed by atoms with van der Waals surface area (Å²) in [7, 11) is 1.59. The molecule has 5 nitrogen and oxygen atoms in total. The summed E-state index contributed by atoms with van der Waals surface area (Å²) in [6.45, 7) is 2.48. The zero-order valence-corrected chi connectivity index (χ0v) is 21.1. The minimum absolute atomic E-state index is 0.224. The van der Waals surface area contributed by atoms with Gasteiger partial charge >= 0.3 is 5.97 Å². The van der Waals surface area contributed by atoms with Gasteiger partial charge in [0.15, 0.2) is 17.2 Å². The molecule has 4 rings (SSSR count). The second kappa shape index (κ2) is 9.87. The van der Waals surface area contributed by atoms with Crippen LogP contribution in [0.4, 0.5) is 0 Å². The van der Waals surface area contributed by atoms with Gasteiger partial charge in [-0.05, 0) is 86.9 Å². The third kappa shape index (κ3) is 5.05. The van der Waals surface area contributed by atoms with E-state index in [0.29, 0.717) is 18.1 Å². The van der Waals surface area contributed by atoms with E-state index in [0.717, 1.165) is 24.7 Å². The molecular formula is C25H19BrINO4. The lowest BCUT2D eigenvalue weighted by Gasteiger charge is -2.14. The first-order valence-electron chi connectivity index (χ1n) is 9.78. The van der Waals surface area contributed by atoms with Gasteiger partial charge in [0, 0.05) is 4.47 Å². The van der Waals surface area contributed by atoms with E-state index in [9.17, 15) is 4.79 Å². The summed E-state index contributed by atoms with van der Waals surface area (Å²) in [5.41, 5.74) is 3.98. The Morgan fingerprint density at radius 1 is 1.12 bits per heavy atom. The zero-order valence-electron chi connectivity index (χ0n) is 17.4. The van der Waals surface area contributed by atoms with Crippen LogP contribution in [-0.2, 0) is 16.1 Å². The molecule has 162 valence electrons. The van der Waals surface area contributed by atoms with E-state index < -0.39 is 5.97 Å². The van der Waals surface area contributed by atoms with Crippen molar-refractivity contribution in [2.24, 2.45) is 4.99 Å². The van der Waals surface area contributed by atoms with Crippen LogP contribution in [0.2, 0.25) is 0 Å². The first kappa shape index (κ1) is 22.5. The molecule has 0 fully saturated rings. The number of halogens is 2. The van der Waals surface area contributed by atoms with Crippen LogP contribution in [0.1, 0.15) is 22.3 Å². The maximum atomic E-state index is 12.4. The molecule has 1 heterocycles. The molecule has 0 aromatic heterocycles. The number of cyclic esters (lactones) is 1. The largest absolute Gasteiger partial charge is 0.493 e. The first-order chi connectivity index (χ1) is 15.4. The average molecular weight is 604 g/mol. The second-order valence-electron chi connectivity index (χ2n) is 7.12. The van der Waals surface area contributed by atoms with Crippen LogP contribution < -0.4 is 9.47 Å². The number of aliphatic imine (C=N–C) groups is 1. The highest BCUT2D eigenvalue weighted by molar-refractivity contribution is 14.1. The van der Waals surface area contributed by atoms with Gasteiger partial charge in [-0.25, -0.2) is 9.79 Å². The molecule has 1 aliphatic heterocycles. The summed E-state index contributed by atoms with van der Waals surface area (Å²) in [6, 6.07) is 19.4. The molecule has 0 aliphatic carbocycles. The standard InChI is InChI=1S/C25H19BrINO4/c1-15-7-9-16(10-8-15)14-31-23-20(27)11-17(13-22(23)30-2)12-21-25(29)32-24(28-21)18-5-3-4-6-19(18)26/h3-13H,14H2,1-2H3/b21-12-. The number of methoxy groups -OCH3 is 1. The Balaban J connectivity index is 1.59. The Morgan fingerprint density at radius 2 is 1.88 bits per heavy atom. The topological polar surface area (TPSA) is 57.1 Å². The molecule has 0 spiro atoms. The van der Waals surface area contributed by atoms with Crippen molar-refractivity contribution in [3.8, 4) is 11.5 Å². The van der Waals surface area contributed by atoms with Crippen molar-refractivity contribution < 1.29 is 19.0 Å². The maximum absolute atomic E-state index is 12.4. The van der Waals surface area contributed by atoms with Crippen molar-refractivity contribution in [1.82, 2.24) is 0 Å². The summed E-state index contributed by atoms with van der Waals surface area (Å²) in [6.07, 6.45) is 1.68. The van der Waals surface area contributed by atoms with Gasteiger partial charge in [0.25, 0.3) is 0 Å². The number of ether oxygens (including phenoxy) is 3. The van der Waals surface area contributed by atoms with Crippen molar-refractivity contribution in [3.05, 3.63) is 96.7 Å². The Kier molecular flexibility index (Phi) is 6.95. The lowest BCUT2D eigenvalue weighted by atomic mass is 10.1. The number of carbonyl (C=O) groups is 1. The van der Waals surface area contributed by atoms with Crippen LogP contribution in [0, 0.1) is 10.5 Å². The molecule has 0 saturated carbocycles. The number of hydrogen-bond donors (Lipinski definition) is 0. The molecule has 0 atom stereocenters. The smallest absolute Gasteiger partial charge is 0.363 e. The predicted molar refractivity (Wildman–Crippen MR) is 136 cm³/mol. The molecule has 0 N–H and O–H groups in total. The molecule has 32 heavy (non-hydrogen) atoms. The van der Waals surface area contributed by atoms with Crippen LogP contribution in [0.5, 0.6) is 11.5 Å². The first-order valence-corrected chi connectivity index (χ1v) is 11.6. The van der Waals surface area contributed by atoms with E-state index in [1.54, 1.807) is 13.2 Å². The van der Waals surface area contributed by atoms with E-state index >= 15 is 0 Å². The van der Waals surface area contributed by atoms with Crippen LogP contribution in [0.15, 0.2) is 75.8 Å². The highest BCUT2D eigenvalue weighted by Crippen LogP contribution is 2.35.